The second kappa shape index (κ2) is 10.3. The largest absolute Gasteiger partial charge is 0.341 e. The number of rotatable bonds is 5. The fourth-order valence-electron chi connectivity index (χ4n) is 2.95. The molecule has 1 fully saturated rings. The Balaban J connectivity index is 0.00000288. The molecule has 0 unspecified atom stereocenters. The van der Waals surface area contributed by atoms with Crippen molar-refractivity contribution in [2.75, 3.05) is 26.2 Å². The molecule has 24 heavy (non-hydrogen) atoms. The SMILES string of the molecule is CCCC(=O)N1CCCN(C(=O)[C@@H](N)Cc2ccccc2)CC1.Cl. The highest BCUT2D eigenvalue weighted by atomic mass is 35.5. The van der Waals surface area contributed by atoms with Gasteiger partial charge in [0, 0.05) is 32.6 Å². The molecule has 2 amide bonds. The van der Waals surface area contributed by atoms with Crippen LogP contribution < -0.4 is 5.73 Å². The molecular weight excluding hydrogens is 326 g/mol. The summed E-state index contributed by atoms with van der Waals surface area (Å²) in [5.41, 5.74) is 7.17. The minimum absolute atomic E-state index is 0. The molecule has 0 spiro atoms. The minimum Gasteiger partial charge on any atom is -0.341 e. The van der Waals surface area contributed by atoms with Crippen LogP contribution in [0.3, 0.4) is 0 Å². The summed E-state index contributed by atoms with van der Waals surface area (Å²) in [7, 11) is 0. The van der Waals surface area contributed by atoms with Crippen molar-refractivity contribution in [3.05, 3.63) is 35.9 Å². The van der Waals surface area contributed by atoms with Gasteiger partial charge in [0.2, 0.25) is 11.8 Å². The number of hydrogen-bond acceptors (Lipinski definition) is 3. The maximum Gasteiger partial charge on any atom is 0.239 e. The lowest BCUT2D eigenvalue weighted by atomic mass is 10.1. The van der Waals surface area contributed by atoms with Gasteiger partial charge in [0.05, 0.1) is 6.04 Å². The van der Waals surface area contributed by atoms with Crippen molar-refractivity contribution in [3.63, 3.8) is 0 Å². The van der Waals surface area contributed by atoms with E-state index in [0.717, 1.165) is 24.9 Å². The fourth-order valence-corrected chi connectivity index (χ4v) is 2.95. The van der Waals surface area contributed by atoms with E-state index in [9.17, 15) is 9.59 Å². The zero-order valence-corrected chi connectivity index (χ0v) is 15.1. The highest BCUT2D eigenvalue weighted by Crippen LogP contribution is 2.09. The summed E-state index contributed by atoms with van der Waals surface area (Å²) in [5.74, 6) is 0.175. The first kappa shape index (κ1) is 20.5. The third-order valence-corrected chi connectivity index (χ3v) is 4.24. The van der Waals surface area contributed by atoms with Gasteiger partial charge >= 0.3 is 0 Å². The van der Waals surface area contributed by atoms with E-state index in [4.69, 9.17) is 5.73 Å². The molecule has 1 atom stereocenters. The molecule has 1 saturated heterocycles. The number of nitrogens with zero attached hydrogens (tertiary/aromatic N) is 2. The Kier molecular flexibility index (Phi) is 8.79. The number of amides is 2. The van der Waals surface area contributed by atoms with Crippen molar-refractivity contribution in [1.82, 2.24) is 9.80 Å². The summed E-state index contributed by atoms with van der Waals surface area (Å²) in [6, 6.07) is 9.32. The van der Waals surface area contributed by atoms with Crippen LogP contribution >= 0.6 is 12.4 Å². The molecule has 134 valence electrons. The summed E-state index contributed by atoms with van der Waals surface area (Å²) >= 11 is 0. The molecule has 1 aliphatic rings. The van der Waals surface area contributed by atoms with Crippen LogP contribution in [-0.2, 0) is 16.0 Å². The maximum absolute atomic E-state index is 12.6. The summed E-state index contributed by atoms with van der Waals surface area (Å²) < 4.78 is 0. The maximum atomic E-state index is 12.6. The summed E-state index contributed by atoms with van der Waals surface area (Å²) in [5, 5.41) is 0. The first-order valence-electron chi connectivity index (χ1n) is 8.48. The zero-order chi connectivity index (χ0) is 16.7. The van der Waals surface area contributed by atoms with Crippen LogP contribution in [0.15, 0.2) is 30.3 Å². The van der Waals surface area contributed by atoms with Gasteiger partial charge in [-0.05, 0) is 24.8 Å². The molecule has 1 aliphatic heterocycles. The van der Waals surface area contributed by atoms with Crippen LogP contribution in [0.5, 0.6) is 0 Å². The molecule has 1 aromatic carbocycles. The van der Waals surface area contributed by atoms with Gasteiger partial charge in [-0.3, -0.25) is 9.59 Å². The van der Waals surface area contributed by atoms with Crippen LogP contribution in [0.4, 0.5) is 0 Å². The van der Waals surface area contributed by atoms with E-state index in [-0.39, 0.29) is 24.2 Å². The van der Waals surface area contributed by atoms with Crippen LogP contribution in [0, 0.1) is 0 Å². The van der Waals surface area contributed by atoms with E-state index in [2.05, 4.69) is 0 Å². The molecular formula is C18H28ClN3O2. The average Bonchev–Trinajstić information content (AvgIpc) is 2.81. The fraction of sp³-hybridized carbons (Fsp3) is 0.556. The lowest BCUT2D eigenvalue weighted by Crippen LogP contribution is -2.46. The molecule has 0 saturated carbocycles. The van der Waals surface area contributed by atoms with Crippen LogP contribution in [0.1, 0.15) is 31.7 Å². The van der Waals surface area contributed by atoms with Gasteiger partial charge in [-0.2, -0.15) is 0 Å². The van der Waals surface area contributed by atoms with Gasteiger partial charge in [-0.25, -0.2) is 0 Å². The summed E-state index contributed by atoms with van der Waals surface area (Å²) in [6.07, 6.45) is 2.81. The van der Waals surface area contributed by atoms with Crippen molar-refractivity contribution >= 4 is 24.2 Å². The monoisotopic (exact) mass is 353 g/mol. The smallest absolute Gasteiger partial charge is 0.239 e. The van der Waals surface area contributed by atoms with E-state index in [1.807, 2.05) is 47.1 Å². The Morgan fingerprint density at radius 1 is 1.08 bits per heavy atom. The molecule has 5 nitrogen and oxygen atoms in total. The molecule has 2 N–H and O–H groups in total. The third-order valence-electron chi connectivity index (χ3n) is 4.24. The average molecular weight is 354 g/mol. The van der Waals surface area contributed by atoms with Crippen molar-refractivity contribution in [2.45, 2.75) is 38.6 Å². The molecule has 0 bridgehead atoms. The van der Waals surface area contributed by atoms with E-state index in [1.165, 1.54) is 0 Å². The van der Waals surface area contributed by atoms with Gasteiger partial charge in [0.25, 0.3) is 0 Å². The lowest BCUT2D eigenvalue weighted by molar-refractivity contribution is -0.134. The highest BCUT2D eigenvalue weighted by Gasteiger charge is 2.25. The van der Waals surface area contributed by atoms with Crippen LogP contribution in [-0.4, -0.2) is 53.8 Å². The van der Waals surface area contributed by atoms with Crippen molar-refractivity contribution in [1.29, 1.82) is 0 Å². The zero-order valence-electron chi connectivity index (χ0n) is 14.3. The Morgan fingerprint density at radius 3 is 2.38 bits per heavy atom. The molecule has 0 aromatic heterocycles. The molecule has 0 radical (unpaired) electrons. The normalized spacial score (nSPS) is 16.1. The van der Waals surface area contributed by atoms with E-state index in [1.54, 1.807) is 0 Å². The third kappa shape index (κ3) is 5.80. The highest BCUT2D eigenvalue weighted by molar-refractivity contribution is 5.85. The Labute approximate surface area is 150 Å². The van der Waals surface area contributed by atoms with Crippen molar-refractivity contribution in [2.24, 2.45) is 5.73 Å². The molecule has 1 heterocycles. The standard InChI is InChI=1S/C18H27N3O2.ClH/c1-2-7-17(22)20-10-6-11-21(13-12-20)18(23)16(19)14-15-8-4-3-5-9-15;/h3-5,8-9,16H,2,6-7,10-14,19H2,1H3;1H/t16-;/m0./s1. The first-order chi connectivity index (χ1) is 11.1. The Morgan fingerprint density at radius 2 is 1.71 bits per heavy atom. The van der Waals surface area contributed by atoms with E-state index < -0.39 is 6.04 Å². The number of carbonyl (C=O) groups is 2. The van der Waals surface area contributed by atoms with Gasteiger partial charge in [0.1, 0.15) is 0 Å². The lowest BCUT2D eigenvalue weighted by Gasteiger charge is -2.24. The minimum atomic E-state index is -0.518. The van der Waals surface area contributed by atoms with Gasteiger partial charge in [-0.1, -0.05) is 37.3 Å². The van der Waals surface area contributed by atoms with Gasteiger partial charge in [-0.15, -0.1) is 12.4 Å². The predicted octanol–water partition coefficient (Wildman–Crippen LogP) is 1.84. The second-order valence-electron chi connectivity index (χ2n) is 6.11. The van der Waals surface area contributed by atoms with Crippen molar-refractivity contribution < 1.29 is 9.59 Å². The van der Waals surface area contributed by atoms with Crippen LogP contribution in [0.2, 0.25) is 0 Å². The number of hydrogen-bond donors (Lipinski definition) is 1. The predicted molar refractivity (Wildman–Crippen MR) is 98.1 cm³/mol. The summed E-state index contributed by atoms with van der Waals surface area (Å²) in [4.78, 5) is 28.2. The van der Waals surface area contributed by atoms with E-state index >= 15 is 0 Å². The number of halogens is 1. The van der Waals surface area contributed by atoms with Crippen molar-refractivity contribution in [3.8, 4) is 0 Å². The number of carbonyl (C=O) groups excluding carboxylic acids is 2. The molecule has 2 rings (SSSR count). The van der Waals surface area contributed by atoms with Gasteiger partial charge in [0.15, 0.2) is 0 Å². The Hall–Kier alpha value is -1.59. The number of nitrogens with two attached hydrogens (primary N) is 1. The molecule has 6 heteroatoms. The first-order valence-corrected chi connectivity index (χ1v) is 8.48. The number of benzene rings is 1. The quantitative estimate of drug-likeness (QED) is 0.878. The molecule has 1 aromatic rings. The summed E-state index contributed by atoms with van der Waals surface area (Å²) in [6.45, 7) is 4.61. The second-order valence-corrected chi connectivity index (χ2v) is 6.11. The van der Waals surface area contributed by atoms with Gasteiger partial charge < -0.3 is 15.5 Å². The van der Waals surface area contributed by atoms with E-state index in [0.29, 0.717) is 32.5 Å². The Bertz CT molecular complexity index is 524. The topological polar surface area (TPSA) is 66.6 Å². The van der Waals surface area contributed by atoms with Crippen LogP contribution in [0.25, 0.3) is 0 Å². The molecule has 0 aliphatic carbocycles.